The summed E-state index contributed by atoms with van der Waals surface area (Å²) < 4.78 is 0. The van der Waals surface area contributed by atoms with Gasteiger partial charge in [0.15, 0.2) is 0 Å². The lowest BCUT2D eigenvalue weighted by Crippen LogP contribution is -2.58. The Morgan fingerprint density at radius 1 is 1.21 bits per heavy atom. The Balaban J connectivity index is 1.71. The SMILES string of the molecule is O=C(NC1CCCCC1)N1CC(O)C1. The van der Waals surface area contributed by atoms with Crippen LogP contribution in [0.1, 0.15) is 32.1 Å². The monoisotopic (exact) mass is 198 g/mol. The molecule has 0 spiro atoms. The fourth-order valence-corrected chi connectivity index (χ4v) is 2.13. The zero-order valence-electron chi connectivity index (χ0n) is 8.41. The number of nitrogens with zero attached hydrogens (tertiary/aromatic N) is 1. The second kappa shape index (κ2) is 4.17. The maximum absolute atomic E-state index is 11.5. The molecule has 4 heteroatoms. The summed E-state index contributed by atoms with van der Waals surface area (Å²) in [6.07, 6.45) is 5.69. The number of aliphatic hydroxyl groups is 1. The van der Waals surface area contributed by atoms with Crippen LogP contribution in [0.2, 0.25) is 0 Å². The molecule has 2 aliphatic rings. The molecule has 1 saturated carbocycles. The molecule has 80 valence electrons. The minimum Gasteiger partial charge on any atom is -0.389 e. The molecular formula is C10H18N2O2. The molecule has 0 unspecified atom stereocenters. The zero-order valence-corrected chi connectivity index (χ0v) is 8.41. The van der Waals surface area contributed by atoms with Crippen LogP contribution in [-0.2, 0) is 0 Å². The van der Waals surface area contributed by atoms with E-state index in [1.54, 1.807) is 4.90 Å². The van der Waals surface area contributed by atoms with E-state index < -0.39 is 0 Å². The minimum absolute atomic E-state index is 0.00204. The number of hydrogen-bond acceptors (Lipinski definition) is 2. The van der Waals surface area contributed by atoms with Crippen LogP contribution in [0.15, 0.2) is 0 Å². The van der Waals surface area contributed by atoms with Crippen molar-refractivity contribution in [3.05, 3.63) is 0 Å². The van der Waals surface area contributed by atoms with Gasteiger partial charge in [-0.15, -0.1) is 0 Å². The molecule has 0 bridgehead atoms. The van der Waals surface area contributed by atoms with Gasteiger partial charge in [0, 0.05) is 6.04 Å². The highest BCUT2D eigenvalue weighted by Crippen LogP contribution is 2.18. The predicted octanol–water partition coefficient (Wildman–Crippen LogP) is 0.705. The summed E-state index contributed by atoms with van der Waals surface area (Å²) in [4.78, 5) is 13.2. The molecule has 14 heavy (non-hydrogen) atoms. The van der Waals surface area contributed by atoms with E-state index in [9.17, 15) is 4.79 Å². The van der Waals surface area contributed by atoms with E-state index in [-0.39, 0.29) is 12.1 Å². The van der Waals surface area contributed by atoms with Crippen molar-refractivity contribution >= 4 is 6.03 Å². The second-order valence-electron chi connectivity index (χ2n) is 4.34. The van der Waals surface area contributed by atoms with Crippen molar-refractivity contribution in [1.82, 2.24) is 10.2 Å². The van der Waals surface area contributed by atoms with Crippen molar-refractivity contribution in [2.75, 3.05) is 13.1 Å². The Hall–Kier alpha value is -0.770. The number of rotatable bonds is 1. The first kappa shape index (κ1) is 9.77. The van der Waals surface area contributed by atoms with Crippen molar-refractivity contribution in [1.29, 1.82) is 0 Å². The summed E-state index contributed by atoms with van der Waals surface area (Å²) >= 11 is 0. The molecular weight excluding hydrogens is 180 g/mol. The molecule has 2 N–H and O–H groups in total. The molecule has 4 nitrogen and oxygen atoms in total. The van der Waals surface area contributed by atoms with E-state index in [2.05, 4.69) is 5.32 Å². The molecule has 2 fully saturated rings. The van der Waals surface area contributed by atoms with Crippen LogP contribution in [-0.4, -0.2) is 41.3 Å². The average molecular weight is 198 g/mol. The normalized spacial score (nSPS) is 24.5. The minimum atomic E-state index is -0.299. The Morgan fingerprint density at radius 3 is 2.43 bits per heavy atom. The number of likely N-dealkylation sites (tertiary alicyclic amines) is 1. The summed E-state index contributed by atoms with van der Waals surface area (Å²) in [5.41, 5.74) is 0. The standard InChI is InChI=1S/C10H18N2O2/c13-9-6-12(7-9)10(14)11-8-4-2-1-3-5-8/h8-9,13H,1-7H2,(H,11,14). The Kier molecular flexibility index (Phi) is 2.91. The van der Waals surface area contributed by atoms with Gasteiger partial charge in [-0.2, -0.15) is 0 Å². The highest BCUT2D eigenvalue weighted by atomic mass is 16.3. The van der Waals surface area contributed by atoms with Crippen molar-refractivity contribution < 1.29 is 9.90 Å². The average Bonchev–Trinajstić information content (AvgIpc) is 2.14. The Labute approximate surface area is 84.3 Å². The van der Waals surface area contributed by atoms with Gasteiger partial charge in [-0.1, -0.05) is 19.3 Å². The Morgan fingerprint density at radius 2 is 1.86 bits per heavy atom. The van der Waals surface area contributed by atoms with Crippen molar-refractivity contribution in [3.8, 4) is 0 Å². The summed E-state index contributed by atoms with van der Waals surface area (Å²) in [6.45, 7) is 0.997. The molecule has 1 heterocycles. The van der Waals surface area contributed by atoms with Crippen LogP contribution in [0.3, 0.4) is 0 Å². The number of amides is 2. The van der Waals surface area contributed by atoms with Gasteiger partial charge >= 0.3 is 6.03 Å². The number of carbonyl (C=O) groups is 1. The number of nitrogens with one attached hydrogen (secondary N) is 1. The van der Waals surface area contributed by atoms with E-state index in [1.165, 1.54) is 19.3 Å². The van der Waals surface area contributed by atoms with Crippen LogP contribution >= 0.6 is 0 Å². The maximum atomic E-state index is 11.5. The van der Waals surface area contributed by atoms with E-state index in [0.29, 0.717) is 19.1 Å². The predicted molar refractivity (Wildman–Crippen MR) is 53.0 cm³/mol. The van der Waals surface area contributed by atoms with E-state index in [1.807, 2.05) is 0 Å². The van der Waals surface area contributed by atoms with E-state index >= 15 is 0 Å². The maximum Gasteiger partial charge on any atom is 0.317 e. The van der Waals surface area contributed by atoms with E-state index in [4.69, 9.17) is 5.11 Å². The first-order valence-electron chi connectivity index (χ1n) is 5.49. The van der Waals surface area contributed by atoms with Crippen LogP contribution in [0.25, 0.3) is 0 Å². The van der Waals surface area contributed by atoms with E-state index in [0.717, 1.165) is 12.8 Å². The lowest BCUT2D eigenvalue weighted by Gasteiger charge is -2.37. The van der Waals surface area contributed by atoms with Gasteiger partial charge in [-0.25, -0.2) is 4.79 Å². The molecule has 1 saturated heterocycles. The largest absolute Gasteiger partial charge is 0.389 e. The topological polar surface area (TPSA) is 52.6 Å². The third-order valence-corrected chi connectivity index (χ3v) is 3.08. The summed E-state index contributed by atoms with van der Waals surface area (Å²) in [6, 6.07) is 0.371. The van der Waals surface area contributed by atoms with Crippen LogP contribution in [0, 0.1) is 0 Å². The summed E-state index contributed by atoms with van der Waals surface area (Å²) in [5.74, 6) is 0. The summed E-state index contributed by atoms with van der Waals surface area (Å²) in [7, 11) is 0. The quantitative estimate of drug-likeness (QED) is 0.652. The molecule has 0 radical (unpaired) electrons. The van der Waals surface area contributed by atoms with Crippen molar-refractivity contribution in [3.63, 3.8) is 0 Å². The Bertz CT molecular complexity index is 208. The van der Waals surface area contributed by atoms with Gasteiger partial charge in [0.25, 0.3) is 0 Å². The fourth-order valence-electron chi connectivity index (χ4n) is 2.13. The molecule has 0 aromatic heterocycles. The number of β-amino-alcohol motifs (C(OH)–C–C–N with tert-alkyl or cyclic N) is 1. The molecule has 1 aliphatic heterocycles. The summed E-state index contributed by atoms with van der Waals surface area (Å²) in [5, 5.41) is 12.1. The molecule has 0 aromatic rings. The van der Waals surface area contributed by atoms with Crippen molar-refractivity contribution in [2.45, 2.75) is 44.2 Å². The molecule has 0 aromatic carbocycles. The first-order chi connectivity index (χ1) is 6.75. The van der Waals surface area contributed by atoms with Crippen LogP contribution in [0.5, 0.6) is 0 Å². The van der Waals surface area contributed by atoms with Gasteiger partial charge in [-0.05, 0) is 12.8 Å². The highest BCUT2D eigenvalue weighted by molar-refractivity contribution is 5.75. The number of urea groups is 1. The molecule has 2 rings (SSSR count). The fraction of sp³-hybridized carbons (Fsp3) is 0.900. The lowest BCUT2D eigenvalue weighted by molar-refractivity contribution is 0.0254. The number of hydrogen-bond donors (Lipinski definition) is 2. The van der Waals surface area contributed by atoms with Crippen LogP contribution in [0.4, 0.5) is 4.79 Å². The lowest BCUT2D eigenvalue weighted by atomic mass is 9.95. The van der Waals surface area contributed by atoms with Gasteiger partial charge in [0.05, 0.1) is 19.2 Å². The van der Waals surface area contributed by atoms with Crippen LogP contribution < -0.4 is 5.32 Å². The molecule has 0 atom stereocenters. The van der Waals surface area contributed by atoms with Gasteiger partial charge in [0.2, 0.25) is 0 Å². The third kappa shape index (κ3) is 2.18. The number of carbonyl (C=O) groups excluding carboxylic acids is 1. The number of aliphatic hydroxyl groups excluding tert-OH is 1. The van der Waals surface area contributed by atoms with Gasteiger partial charge < -0.3 is 15.3 Å². The first-order valence-corrected chi connectivity index (χ1v) is 5.49. The second-order valence-corrected chi connectivity index (χ2v) is 4.34. The third-order valence-electron chi connectivity index (χ3n) is 3.08. The molecule has 1 aliphatic carbocycles. The van der Waals surface area contributed by atoms with Gasteiger partial charge in [0.1, 0.15) is 0 Å². The zero-order chi connectivity index (χ0) is 9.97. The smallest absolute Gasteiger partial charge is 0.317 e. The highest BCUT2D eigenvalue weighted by Gasteiger charge is 2.29. The molecule has 2 amide bonds. The van der Waals surface area contributed by atoms with Gasteiger partial charge in [-0.3, -0.25) is 0 Å². The van der Waals surface area contributed by atoms with Crippen molar-refractivity contribution in [2.24, 2.45) is 0 Å².